The molecule has 6 nitrogen and oxygen atoms in total. The fraction of sp³-hybridized carbons (Fsp3) is 0.312. The van der Waals surface area contributed by atoms with Crippen LogP contribution in [0.15, 0.2) is 71.3 Å². The number of rotatable bonds is 10. The molecule has 0 unspecified atom stereocenters. The summed E-state index contributed by atoms with van der Waals surface area (Å²) < 4.78 is 10.8. The van der Waals surface area contributed by atoms with Crippen LogP contribution >= 0.6 is 0 Å². The Kier molecular flexibility index (Phi) is 7.23. The SMILES string of the molecule is CCCc1cc(-c2nc(-c3cccc(C(=O)CC4(C(=O)OCC)CC4)c3)no2)ccc1-c1ccccc1C. The molecule has 1 saturated carbocycles. The number of aromatic nitrogens is 2. The first-order chi connectivity index (χ1) is 18.4. The number of ketones is 1. The second-order valence-electron chi connectivity index (χ2n) is 10.0. The third-order valence-electron chi connectivity index (χ3n) is 7.24. The van der Waals surface area contributed by atoms with Crippen molar-refractivity contribution in [3.63, 3.8) is 0 Å². The maximum atomic E-state index is 13.0. The van der Waals surface area contributed by atoms with E-state index in [1.165, 1.54) is 22.3 Å². The van der Waals surface area contributed by atoms with Crippen LogP contribution in [-0.4, -0.2) is 28.5 Å². The minimum atomic E-state index is -0.664. The van der Waals surface area contributed by atoms with Crippen LogP contribution in [0.3, 0.4) is 0 Å². The van der Waals surface area contributed by atoms with Crippen LogP contribution in [0.2, 0.25) is 0 Å². The molecule has 1 aromatic heterocycles. The summed E-state index contributed by atoms with van der Waals surface area (Å²) in [6.07, 6.45) is 3.49. The Morgan fingerprint density at radius 3 is 2.50 bits per heavy atom. The van der Waals surface area contributed by atoms with E-state index in [-0.39, 0.29) is 18.2 Å². The minimum Gasteiger partial charge on any atom is -0.466 e. The number of hydrogen-bond donors (Lipinski definition) is 0. The molecule has 5 rings (SSSR count). The highest BCUT2D eigenvalue weighted by Gasteiger charge is 2.52. The van der Waals surface area contributed by atoms with E-state index in [0.717, 1.165) is 18.4 Å². The van der Waals surface area contributed by atoms with Crippen LogP contribution in [0.25, 0.3) is 34.0 Å². The van der Waals surface area contributed by atoms with E-state index in [1.807, 2.05) is 12.1 Å². The Morgan fingerprint density at radius 1 is 0.947 bits per heavy atom. The maximum Gasteiger partial charge on any atom is 0.312 e. The number of carbonyl (C=O) groups is 2. The zero-order valence-corrected chi connectivity index (χ0v) is 22.1. The van der Waals surface area contributed by atoms with Gasteiger partial charge in [-0.25, -0.2) is 0 Å². The van der Waals surface area contributed by atoms with Gasteiger partial charge < -0.3 is 9.26 Å². The van der Waals surface area contributed by atoms with E-state index in [0.29, 0.717) is 42.3 Å². The molecular formula is C32H32N2O4. The molecule has 0 N–H and O–H groups in total. The number of ether oxygens (including phenoxy) is 1. The molecule has 0 aliphatic heterocycles. The molecular weight excluding hydrogens is 476 g/mol. The van der Waals surface area contributed by atoms with Crippen molar-refractivity contribution in [2.75, 3.05) is 6.61 Å². The van der Waals surface area contributed by atoms with Crippen molar-refractivity contribution >= 4 is 11.8 Å². The number of nitrogens with zero attached hydrogens (tertiary/aromatic N) is 2. The molecule has 0 amide bonds. The van der Waals surface area contributed by atoms with Crippen molar-refractivity contribution in [2.45, 2.75) is 52.9 Å². The monoisotopic (exact) mass is 508 g/mol. The van der Waals surface area contributed by atoms with Gasteiger partial charge in [-0.15, -0.1) is 0 Å². The van der Waals surface area contributed by atoms with Gasteiger partial charge in [0.05, 0.1) is 12.0 Å². The van der Waals surface area contributed by atoms with Crippen LogP contribution < -0.4 is 0 Å². The average molecular weight is 509 g/mol. The topological polar surface area (TPSA) is 82.3 Å². The molecule has 1 heterocycles. The van der Waals surface area contributed by atoms with Gasteiger partial charge in [0.15, 0.2) is 5.78 Å². The highest BCUT2D eigenvalue weighted by Crippen LogP contribution is 2.50. The summed E-state index contributed by atoms with van der Waals surface area (Å²) in [7, 11) is 0. The highest BCUT2D eigenvalue weighted by atomic mass is 16.5. The van der Waals surface area contributed by atoms with Crippen LogP contribution in [0.4, 0.5) is 0 Å². The summed E-state index contributed by atoms with van der Waals surface area (Å²) >= 11 is 0. The molecule has 0 spiro atoms. The van der Waals surface area contributed by atoms with Gasteiger partial charge in [0.2, 0.25) is 5.82 Å². The van der Waals surface area contributed by atoms with Crippen LogP contribution in [0.1, 0.15) is 61.0 Å². The molecule has 0 radical (unpaired) electrons. The highest BCUT2D eigenvalue weighted by molar-refractivity contribution is 6.00. The summed E-state index contributed by atoms with van der Waals surface area (Å²) in [5, 5.41) is 4.20. The molecule has 0 atom stereocenters. The van der Waals surface area contributed by atoms with Gasteiger partial charge in [0.25, 0.3) is 5.89 Å². The number of hydrogen-bond acceptors (Lipinski definition) is 6. The predicted molar refractivity (Wildman–Crippen MR) is 147 cm³/mol. The molecule has 1 aliphatic rings. The van der Waals surface area contributed by atoms with E-state index in [9.17, 15) is 9.59 Å². The quantitative estimate of drug-likeness (QED) is 0.166. The van der Waals surface area contributed by atoms with Gasteiger partial charge in [-0.05, 0) is 73.6 Å². The number of esters is 1. The van der Waals surface area contributed by atoms with Crippen molar-refractivity contribution in [1.82, 2.24) is 10.1 Å². The molecule has 3 aromatic carbocycles. The van der Waals surface area contributed by atoms with Gasteiger partial charge in [-0.2, -0.15) is 4.98 Å². The molecule has 194 valence electrons. The third-order valence-corrected chi connectivity index (χ3v) is 7.24. The smallest absolute Gasteiger partial charge is 0.312 e. The molecule has 6 heteroatoms. The van der Waals surface area contributed by atoms with Crippen LogP contribution in [0.5, 0.6) is 0 Å². The van der Waals surface area contributed by atoms with E-state index < -0.39 is 5.41 Å². The van der Waals surface area contributed by atoms with Gasteiger partial charge in [0.1, 0.15) is 0 Å². The standard InChI is InChI=1S/C32H32N2O4/c1-4-9-22-18-25(14-15-27(22)26-13-7-6-10-21(26)3)30-33-29(34-38-30)24-12-8-11-23(19-24)28(35)20-32(16-17-32)31(36)37-5-2/h6-8,10-15,18-19H,4-5,9,16-17,20H2,1-3H3. The summed E-state index contributed by atoms with van der Waals surface area (Å²) in [5.41, 5.74) is 6.34. The molecule has 4 aromatic rings. The maximum absolute atomic E-state index is 13.0. The van der Waals surface area contributed by atoms with E-state index in [4.69, 9.17) is 9.26 Å². The van der Waals surface area contributed by atoms with Crippen molar-refractivity contribution in [3.8, 4) is 34.0 Å². The fourth-order valence-electron chi connectivity index (χ4n) is 4.93. The zero-order valence-electron chi connectivity index (χ0n) is 22.1. The Labute approximate surface area is 223 Å². The normalized spacial score (nSPS) is 13.8. The lowest BCUT2D eigenvalue weighted by Gasteiger charge is -2.13. The van der Waals surface area contributed by atoms with Crippen LogP contribution in [0, 0.1) is 12.3 Å². The molecule has 1 fully saturated rings. The Morgan fingerprint density at radius 2 is 1.76 bits per heavy atom. The van der Waals surface area contributed by atoms with Crippen molar-refractivity contribution in [2.24, 2.45) is 5.41 Å². The predicted octanol–water partition coefficient (Wildman–Crippen LogP) is 7.25. The first-order valence-corrected chi connectivity index (χ1v) is 13.3. The fourth-order valence-corrected chi connectivity index (χ4v) is 4.93. The average Bonchev–Trinajstić information content (AvgIpc) is 3.54. The summed E-state index contributed by atoms with van der Waals surface area (Å²) in [6, 6.07) is 21.9. The third kappa shape index (κ3) is 5.17. The lowest BCUT2D eigenvalue weighted by atomic mass is 9.92. The Bertz CT molecular complexity index is 1480. The van der Waals surface area contributed by atoms with Gasteiger partial charge >= 0.3 is 5.97 Å². The summed E-state index contributed by atoms with van der Waals surface area (Å²) in [6.45, 7) is 6.40. The first kappa shape index (κ1) is 25.6. The second kappa shape index (κ2) is 10.7. The number of carbonyl (C=O) groups excluding carboxylic acids is 2. The Hall–Kier alpha value is -4.06. The largest absolute Gasteiger partial charge is 0.466 e. The lowest BCUT2D eigenvalue weighted by Crippen LogP contribution is -2.22. The molecule has 0 bridgehead atoms. The number of benzene rings is 3. The number of aryl methyl sites for hydroxylation is 2. The zero-order chi connectivity index (χ0) is 26.7. The van der Waals surface area contributed by atoms with E-state index in [2.05, 4.69) is 60.4 Å². The first-order valence-electron chi connectivity index (χ1n) is 13.3. The van der Waals surface area contributed by atoms with Gasteiger partial charge in [0, 0.05) is 23.1 Å². The molecule has 38 heavy (non-hydrogen) atoms. The van der Waals surface area contributed by atoms with Crippen LogP contribution in [-0.2, 0) is 16.0 Å². The second-order valence-corrected chi connectivity index (χ2v) is 10.0. The van der Waals surface area contributed by atoms with E-state index >= 15 is 0 Å². The van der Waals surface area contributed by atoms with Crippen molar-refractivity contribution in [3.05, 3.63) is 83.4 Å². The summed E-state index contributed by atoms with van der Waals surface area (Å²) in [5.74, 6) is 0.492. The van der Waals surface area contributed by atoms with Crippen molar-refractivity contribution < 1.29 is 18.8 Å². The molecule has 1 aliphatic carbocycles. The molecule has 0 saturated heterocycles. The minimum absolute atomic E-state index is 0.0860. The van der Waals surface area contributed by atoms with Gasteiger partial charge in [-0.3, -0.25) is 9.59 Å². The van der Waals surface area contributed by atoms with Gasteiger partial charge in [-0.1, -0.05) is 67.0 Å². The Balaban J connectivity index is 1.39. The summed E-state index contributed by atoms with van der Waals surface area (Å²) in [4.78, 5) is 30.0. The number of Topliss-reactive ketones (excluding diaryl/α,β-unsaturated/α-hetero) is 1. The van der Waals surface area contributed by atoms with E-state index in [1.54, 1.807) is 25.1 Å². The lowest BCUT2D eigenvalue weighted by molar-refractivity contribution is -0.149. The van der Waals surface area contributed by atoms with Crippen molar-refractivity contribution in [1.29, 1.82) is 0 Å².